The van der Waals surface area contributed by atoms with Crippen molar-refractivity contribution in [3.05, 3.63) is 29.8 Å². The number of rotatable bonds is 5. The first-order valence-corrected chi connectivity index (χ1v) is 9.40. The first-order valence-electron chi connectivity index (χ1n) is 10.5. The van der Waals surface area contributed by atoms with Crippen molar-refractivity contribution in [2.75, 3.05) is 18.8 Å². The van der Waals surface area contributed by atoms with Crippen LogP contribution in [0.2, 0.25) is 5.02 Å². The molecule has 0 aliphatic carbocycles. The predicted molar refractivity (Wildman–Crippen MR) is 108 cm³/mol. The van der Waals surface area contributed by atoms with Gasteiger partial charge in [0.1, 0.15) is 12.2 Å². The van der Waals surface area contributed by atoms with Crippen LogP contribution in [0.1, 0.15) is 17.3 Å². The summed E-state index contributed by atoms with van der Waals surface area (Å²) in [6.45, 7) is -0.372. The van der Waals surface area contributed by atoms with E-state index in [9.17, 15) is 15.0 Å². The number of carbonyl (C=O) groups excluding carboxylic acids is 1. The molecule has 0 radical (unpaired) electrons. The molecule has 1 saturated heterocycles. The fourth-order valence-electron chi connectivity index (χ4n) is 3.23. The standard InChI is InChI=1S/C18H20ClN7O4/c1-3-22-15-10-16(25-14(24-15)8-4-9(19)6-21-5-8)26(7-23-10)18-12(28)11(27)13(30-18)17(29)20-2/h4-7,11-13,18,27-28H,3H2,1-2H3,(H,20,29)(H,22,24,25)/t11-,12+,13-,18+/m0/s1/i2D3. The second kappa shape index (κ2) is 8.11. The van der Waals surface area contributed by atoms with Crippen molar-refractivity contribution in [2.45, 2.75) is 31.5 Å². The van der Waals surface area contributed by atoms with E-state index in [0.717, 1.165) is 0 Å². The number of likely N-dealkylation sites (N-methyl/N-ethyl adjacent to an activating group) is 1. The molecule has 0 unspecified atom stereocenters. The number of pyridine rings is 1. The summed E-state index contributed by atoms with van der Waals surface area (Å²) in [5.74, 6) is -0.414. The molecule has 158 valence electrons. The number of hydrogen-bond donors (Lipinski definition) is 4. The van der Waals surface area contributed by atoms with Gasteiger partial charge in [0.05, 0.1) is 11.3 Å². The van der Waals surface area contributed by atoms with Crippen molar-refractivity contribution >= 4 is 34.5 Å². The van der Waals surface area contributed by atoms with Gasteiger partial charge in [-0.05, 0) is 13.0 Å². The van der Waals surface area contributed by atoms with E-state index in [2.05, 4.69) is 25.3 Å². The van der Waals surface area contributed by atoms with Crippen LogP contribution in [0.3, 0.4) is 0 Å². The summed E-state index contributed by atoms with van der Waals surface area (Å²) in [6, 6.07) is 1.63. The minimum Gasteiger partial charge on any atom is -0.387 e. The topological polar surface area (TPSA) is 147 Å². The maximum Gasteiger partial charge on any atom is 0.251 e. The number of aliphatic hydroxyl groups is 2. The third-order valence-electron chi connectivity index (χ3n) is 4.62. The number of hydrogen-bond acceptors (Lipinski definition) is 9. The number of anilines is 1. The zero-order chi connectivity index (χ0) is 23.9. The normalized spacial score (nSPS) is 25.5. The Morgan fingerprint density at radius 1 is 1.37 bits per heavy atom. The summed E-state index contributed by atoms with van der Waals surface area (Å²) in [5, 5.41) is 26.2. The Bertz CT molecular complexity index is 1190. The largest absolute Gasteiger partial charge is 0.387 e. The summed E-state index contributed by atoms with van der Waals surface area (Å²) in [5.41, 5.74) is 1.12. The zero-order valence-corrected chi connectivity index (χ0v) is 16.4. The predicted octanol–water partition coefficient (Wildman–Crippen LogP) is 0.339. The summed E-state index contributed by atoms with van der Waals surface area (Å²) in [7, 11) is 0. The quantitative estimate of drug-likeness (QED) is 0.444. The van der Waals surface area contributed by atoms with Gasteiger partial charge in [0, 0.05) is 35.6 Å². The van der Waals surface area contributed by atoms with Crippen LogP contribution >= 0.6 is 11.6 Å². The number of nitrogens with zero attached hydrogens (tertiary/aromatic N) is 5. The molecule has 3 aromatic heterocycles. The van der Waals surface area contributed by atoms with Crippen LogP contribution in [0.5, 0.6) is 0 Å². The molecule has 1 fully saturated rings. The molecule has 0 aromatic carbocycles. The van der Waals surface area contributed by atoms with E-state index < -0.39 is 37.4 Å². The zero-order valence-electron chi connectivity index (χ0n) is 18.7. The number of aliphatic hydroxyl groups excluding tert-OH is 2. The fourth-order valence-corrected chi connectivity index (χ4v) is 3.41. The van der Waals surface area contributed by atoms with E-state index >= 15 is 0 Å². The molecule has 30 heavy (non-hydrogen) atoms. The maximum absolute atomic E-state index is 12.3. The van der Waals surface area contributed by atoms with Gasteiger partial charge in [0.2, 0.25) is 0 Å². The van der Waals surface area contributed by atoms with Crippen molar-refractivity contribution < 1.29 is 23.9 Å². The van der Waals surface area contributed by atoms with E-state index in [1.54, 1.807) is 11.4 Å². The van der Waals surface area contributed by atoms with E-state index in [0.29, 0.717) is 28.5 Å². The lowest BCUT2D eigenvalue weighted by molar-refractivity contribution is -0.137. The van der Waals surface area contributed by atoms with Gasteiger partial charge < -0.3 is 25.6 Å². The smallest absolute Gasteiger partial charge is 0.251 e. The van der Waals surface area contributed by atoms with Gasteiger partial charge in [-0.1, -0.05) is 11.6 Å². The Morgan fingerprint density at radius 2 is 2.20 bits per heavy atom. The van der Waals surface area contributed by atoms with Crippen LogP contribution in [-0.2, 0) is 9.53 Å². The van der Waals surface area contributed by atoms with Crippen LogP contribution in [0.25, 0.3) is 22.6 Å². The number of carbonyl (C=O) groups is 1. The highest BCUT2D eigenvalue weighted by Gasteiger charge is 2.47. The molecule has 4 rings (SSSR count). The summed E-state index contributed by atoms with van der Waals surface area (Å²) in [6.07, 6.45) is -1.81. The molecule has 3 aromatic rings. The Morgan fingerprint density at radius 3 is 2.93 bits per heavy atom. The molecule has 1 amide bonds. The van der Waals surface area contributed by atoms with Gasteiger partial charge >= 0.3 is 0 Å². The molecular formula is C18H20ClN7O4. The second-order valence-electron chi connectivity index (χ2n) is 6.56. The van der Waals surface area contributed by atoms with Crippen LogP contribution in [0.4, 0.5) is 5.82 Å². The summed E-state index contributed by atoms with van der Waals surface area (Å²) in [4.78, 5) is 29.6. The molecule has 4 atom stereocenters. The van der Waals surface area contributed by atoms with Crippen molar-refractivity contribution in [1.82, 2.24) is 29.8 Å². The SMILES string of the molecule is [2H]C([2H])([2H])NC(=O)[C@H]1O[C@@H](n2cnc3c(NCC)nc(-c4cncc(Cl)c4)nc32)[C@H](O)[C@@H]1O. The lowest BCUT2D eigenvalue weighted by atomic mass is 10.1. The van der Waals surface area contributed by atoms with Crippen LogP contribution in [-0.4, -0.2) is 72.5 Å². The van der Waals surface area contributed by atoms with Crippen molar-refractivity contribution in [1.29, 1.82) is 0 Å². The molecule has 0 saturated carbocycles. The number of fused-ring (bicyclic) bond motifs is 1. The molecule has 4 heterocycles. The van der Waals surface area contributed by atoms with E-state index in [1.807, 2.05) is 6.92 Å². The maximum atomic E-state index is 12.3. The number of aromatic nitrogens is 5. The number of ether oxygens (including phenoxy) is 1. The number of nitrogens with one attached hydrogen (secondary N) is 2. The average Bonchev–Trinajstić information content (AvgIpc) is 3.28. The van der Waals surface area contributed by atoms with E-state index in [4.69, 9.17) is 20.5 Å². The lowest BCUT2D eigenvalue weighted by Crippen LogP contribution is -2.41. The van der Waals surface area contributed by atoms with E-state index in [1.165, 1.54) is 23.3 Å². The van der Waals surface area contributed by atoms with Gasteiger partial charge in [-0.15, -0.1) is 0 Å². The van der Waals surface area contributed by atoms with Crippen LogP contribution in [0, 0.1) is 0 Å². The first kappa shape index (κ1) is 16.9. The highest BCUT2D eigenvalue weighted by atomic mass is 35.5. The Hall–Kier alpha value is -2.86. The molecule has 0 spiro atoms. The minimum absolute atomic E-state index is 0.240. The van der Waals surface area contributed by atoms with Crippen molar-refractivity contribution in [3.63, 3.8) is 0 Å². The van der Waals surface area contributed by atoms with Gasteiger partial charge in [-0.25, -0.2) is 15.0 Å². The van der Waals surface area contributed by atoms with Crippen molar-refractivity contribution in [3.8, 4) is 11.4 Å². The highest BCUT2D eigenvalue weighted by Crippen LogP contribution is 2.33. The molecule has 11 nitrogen and oxygen atoms in total. The Kier molecular flexibility index (Phi) is 4.56. The Balaban J connectivity index is 1.76. The molecular weight excluding hydrogens is 414 g/mol. The monoisotopic (exact) mass is 436 g/mol. The van der Waals surface area contributed by atoms with Crippen LogP contribution in [0.15, 0.2) is 24.8 Å². The minimum atomic E-state index is -2.78. The third kappa shape index (κ3) is 3.45. The number of halogens is 1. The molecule has 0 bridgehead atoms. The van der Waals surface area contributed by atoms with Crippen molar-refractivity contribution in [2.24, 2.45) is 0 Å². The lowest BCUT2D eigenvalue weighted by Gasteiger charge is -2.17. The van der Waals surface area contributed by atoms with E-state index in [-0.39, 0.29) is 11.5 Å². The van der Waals surface area contributed by atoms with Gasteiger partial charge in [-0.3, -0.25) is 14.3 Å². The van der Waals surface area contributed by atoms with Crippen LogP contribution < -0.4 is 10.6 Å². The number of amides is 1. The van der Waals surface area contributed by atoms with Gasteiger partial charge in [-0.2, -0.15) is 0 Å². The number of imidazole rings is 1. The molecule has 1 aliphatic heterocycles. The highest BCUT2D eigenvalue weighted by molar-refractivity contribution is 6.30. The molecule has 4 N–H and O–H groups in total. The summed E-state index contributed by atoms with van der Waals surface area (Å²) < 4.78 is 28.4. The van der Waals surface area contributed by atoms with Gasteiger partial charge in [0.15, 0.2) is 35.1 Å². The first-order chi connectivity index (χ1) is 15.6. The summed E-state index contributed by atoms with van der Waals surface area (Å²) >= 11 is 6.04. The second-order valence-corrected chi connectivity index (χ2v) is 7.00. The Labute approximate surface area is 180 Å². The molecule has 12 heteroatoms. The average molecular weight is 437 g/mol. The van der Waals surface area contributed by atoms with Gasteiger partial charge in [0.25, 0.3) is 5.91 Å². The third-order valence-corrected chi connectivity index (χ3v) is 4.83. The molecule has 1 aliphatic rings. The fraction of sp³-hybridized carbons (Fsp3) is 0.389.